The van der Waals surface area contributed by atoms with Crippen LogP contribution < -0.4 is 0 Å². The normalized spacial score (nSPS) is 5.12. The number of rotatable bonds is 0. The molecule has 0 spiro atoms. The van der Waals surface area contributed by atoms with Crippen molar-refractivity contribution in [2.75, 3.05) is 0 Å². The Balaban J connectivity index is 4.28. The maximum absolute atomic E-state index is 4.91. The highest BCUT2D eigenvalue weighted by Gasteiger charge is 1.75. The van der Waals surface area contributed by atoms with Gasteiger partial charge in [-0.25, -0.2) is 0 Å². The van der Waals surface area contributed by atoms with Gasteiger partial charge in [0.2, 0.25) is 0 Å². The molecule has 0 saturated heterocycles. The molecule has 36 valence electrons. The van der Waals surface area contributed by atoms with Crippen molar-refractivity contribution in [2.45, 2.75) is 0 Å². The average molecular weight is 100 g/mol. The van der Waals surface area contributed by atoms with Crippen LogP contribution in [-0.2, 0) is 0 Å². The first-order valence-electron chi connectivity index (χ1n) is 1.94. The van der Waals surface area contributed by atoms with Crippen LogP contribution >= 0.6 is 0 Å². The summed E-state index contributed by atoms with van der Waals surface area (Å²) in [5.74, 6) is 6.69. The quantitative estimate of drug-likeness (QED) is 0.395. The topological polar surface area (TPSA) is 0 Å². The lowest BCUT2D eigenvalue weighted by Crippen LogP contribution is -1.66. The Morgan fingerprint density at radius 2 is 1.62 bits per heavy atom. The summed E-state index contributed by atoms with van der Waals surface area (Å²) < 4.78 is 0. The minimum atomic E-state index is 0.410. The molecule has 0 radical (unpaired) electrons. The molecule has 0 fully saturated rings. The summed E-state index contributed by atoms with van der Waals surface area (Å²) in [6.45, 7) is 0. The van der Waals surface area contributed by atoms with Gasteiger partial charge in [0.25, 0.3) is 0 Å². The number of hydrogen-bond acceptors (Lipinski definition) is 0. The number of terminal acetylenes is 3. The molecule has 8 heavy (non-hydrogen) atoms. The van der Waals surface area contributed by atoms with E-state index in [-0.39, 0.29) is 0 Å². The summed E-state index contributed by atoms with van der Waals surface area (Å²) in [5.41, 5.74) is 0.410. The van der Waals surface area contributed by atoms with Crippen molar-refractivity contribution >= 4 is 0 Å². The molecule has 0 nitrogen and oxygen atoms in total. The molecule has 0 N–H and O–H groups in total. The molecule has 0 unspecified atom stereocenters. The predicted molar refractivity (Wildman–Crippen MR) is 34.6 cm³/mol. The van der Waals surface area contributed by atoms with Gasteiger partial charge in [0.05, 0.1) is 5.57 Å². The molecule has 0 aliphatic carbocycles. The highest BCUT2D eigenvalue weighted by Crippen LogP contribution is 1.84. The second-order valence-corrected chi connectivity index (χ2v) is 1.01. The summed E-state index contributed by atoms with van der Waals surface area (Å²) in [6, 6.07) is 0. The van der Waals surface area contributed by atoms with Gasteiger partial charge in [0.1, 0.15) is 0 Å². The zero-order chi connectivity index (χ0) is 6.41. The molecular weight excluding hydrogens is 96.1 g/mol. The first-order chi connectivity index (χ1) is 3.85. The van der Waals surface area contributed by atoms with Crippen molar-refractivity contribution in [3.63, 3.8) is 0 Å². The van der Waals surface area contributed by atoms with Crippen LogP contribution in [0.3, 0.4) is 0 Å². The molecule has 0 aromatic heterocycles. The zero-order valence-electron chi connectivity index (χ0n) is 4.31. The zero-order valence-corrected chi connectivity index (χ0v) is 4.31. The lowest BCUT2D eigenvalue weighted by Gasteiger charge is -1.74. The molecule has 0 aromatic rings. The van der Waals surface area contributed by atoms with Crippen molar-refractivity contribution in [1.82, 2.24) is 0 Å². The van der Waals surface area contributed by atoms with E-state index in [1.54, 1.807) is 0 Å². The average Bonchev–Trinajstić information content (AvgIpc) is 1.83. The van der Waals surface area contributed by atoms with Gasteiger partial charge in [-0.1, -0.05) is 17.8 Å². The minimum Gasteiger partial charge on any atom is -0.115 e. The summed E-state index contributed by atoms with van der Waals surface area (Å²) in [6.07, 6.45) is 16.1. The maximum atomic E-state index is 4.91. The molecule has 0 heteroatoms. The number of hydrogen-bond donors (Lipinski definition) is 0. The fourth-order valence-corrected chi connectivity index (χ4v) is 0.208. The molecule has 0 saturated carbocycles. The van der Waals surface area contributed by atoms with Crippen LogP contribution in [0.5, 0.6) is 0 Å². The summed E-state index contributed by atoms with van der Waals surface area (Å²) in [7, 11) is 0. The van der Waals surface area contributed by atoms with Gasteiger partial charge in [-0.15, -0.1) is 19.3 Å². The Bertz CT molecular complexity index is 194. The van der Waals surface area contributed by atoms with Crippen LogP contribution in [0.15, 0.2) is 11.6 Å². The standard InChI is InChI=1S/C8H4/c1-4-7-8(5-2)6-3/h1-3,7H. The fourth-order valence-electron chi connectivity index (χ4n) is 0.208. The van der Waals surface area contributed by atoms with Crippen LogP contribution in [0.4, 0.5) is 0 Å². The van der Waals surface area contributed by atoms with Gasteiger partial charge in [-0.05, 0) is 0 Å². The first-order valence-corrected chi connectivity index (χ1v) is 1.94. The minimum absolute atomic E-state index is 0.410. The Kier molecular flexibility index (Phi) is 2.89. The molecule has 0 bridgehead atoms. The van der Waals surface area contributed by atoms with Crippen molar-refractivity contribution in [3.8, 4) is 37.0 Å². The Morgan fingerprint density at radius 1 is 1.12 bits per heavy atom. The molecule has 0 amide bonds. The highest BCUT2D eigenvalue weighted by molar-refractivity contribution is 5.44. The summed E-state index contributed by atoms with van der Waals surface area (Å²) >= 11 is 0. The van der Waals surface area contributed by atoms with Crippen LogP contribution in [0, 0.1) is 37.0 Å². The molecule has 0 aliphatic rings. The van der Waals surface area contributed by atoms with Crippen LogP contribution in [-0.4, -0.2) is 0 Å². The third-order valence-electron chi connectivity index (χ3n) is 0.539. The first kappa shape index (κ1) is 6.42. The van der Waals surface area contributed by atoms with E-state index in [0.717, 1.165) is 0 Å². The second-order valence-electron chi connectivity index (χ2n) is 1.01. The third-order valence-corrected chi connectivity index (χ3v) is 0.539. The third kappa shape index (κ3) is 1.76. The molecule has 0 aromatic carbocycles. The summed E-state index contributed by atoms with van der Waals surface area (Å²) in [5, 5.41) is 0. The molecular formula is C8H4. The van der Waals surface area contributed by atoms with Crippen molar-refractivity contribution in [3.05, 3.63) is 11.6 Å². The Labute approximate surface area is 49.6 Å². The largest absolute Gasteiger partial charge is 0.115 e. The van der Waals surface area contributed by atoms with Crippen LogP contribution in [0.25, 0.3) is 0 Å². The van der Waals surface area contributed by atoms with Gasteiger partial charge in [-0.2, -0.15) is 0 Å². The molecule has 0 atom stereocenters. The van der Waals surface area contributed by atoms with E-state index in [2.05, 4.69) is 17.8 Å². The van der Waals surface area contributed by atoms with Crippen molar-refractivity contribution in [2.24, 2.45) is 0 Å². The van der Waals surface area contributed by atoms with E-state index in [0.29, 0.717) is 5.57 Å². The van der Waals surface area contributed by atoms with Crippen molar-refractivity contribution in [1.29, 1.82) is 0 Å². The summed E-state index contributed by atoms with van der Waals surface area (Å²) in [4.78, 5) is 0. The van der Waals surface area contributed by atoms with E-state index in [1.807, 2.05) is 0 Å². The highest BCUT2D eigenvalue weighted by atomic mass is 13.8. The van der Waals surface area contributed by atoms with E-state index >= 15 is 0 Å². The smallest absolute Gasteiger partial charge is 0.0821 e. The molecule has 0 aliphatic heterocycles. The predicted octanol–water partition coefficient (Wildman–Crippen LogP) is 0.812. The van der Waals surface area contributed by atoms with Gasteiger partial charge < -0.3 is 0 Å². The van der Waals surface area contributed by atoms with Gasteiger partial charge in [0.15, 0.2) is 0 Å². The van der Waals surface area contributed by atoms with E-state index in [1.165, 1.54) is 6.08 Å². The van der Waals surface area contributed by atoms with Crippen LogP contribution in [0.1, 0.15) is 0 Å². The Hall–Kier alpha value is -1.58. The van der Waals surface area contributed by atoms with Crippen molar-refractivity contribution < 1.29 is 0 Å². The van der Waals surface area contributed by atoms with Gasteiger partial charge in [-0.3, -0.25) is 0 Å². The Morgan fingerprint density at radius 3 is 1.75 bits per heavy atom. The van der Waals surface area contributed by atoms with E-state index in [9.17, 15) is 0 Å². The molecule has 0 heterocycles. The number of allylic oxidation sites excluding steroid dienone is 2. The van der Waals surface area contributed by atoms with Crippen LogP contribution in [0.2, 0.25) is 0 Å². The van der Waals surface area contributed by atoms with E-state index < -0.39 is 0 Å². The SMILES string of the molecule is C#CC=C(C#C)C#C. The maximum Gasteiger partial charge on any atom is 0.0821 e. The lowest BCUT2D eigenvalue weighted by molar-refractivity contribution is 1.92. The monoisotopic (exact) mass is 100 g/mol. The molecule has 0 rings (SSSR count). The van der Waals surface area contributed by atoms with Gasteiger partial charge >= 0.3 is 0 Å². The second kappa shape index (κ2) is 3.60. The van der Waals surface area contributed by atoms with E-state index in [4.69, 9.17) is 19.3 Å². The van der Waals surface area contributed by atoms with Gasteiger partial charge in [0, 0.05) is 6.08 Å². The lowest BCUT2D eigenvalue weighted by atomic mass is 10.3. The fraction of sp³-hybridized carbons (Fsp3) is 0.